The fourth-order valence-electron chi connectivity index (χ4n) is 3.87. The van der Waals surface area contributed by atoms with Gasteiger partial charge in [0.1, 0.15) is 0 Å². The summed E-state index contributed by atoms with van der Waals surface area (Å²) in [5, 5.41) is 22.4. The van der Waals surface area contributed by atoms with Crippen LogP contribution >= 0.6 is 0 Å². The van der Waals surface area contributed by atoms with E-state index >= 15 is 0 Å². The maximum atomic E-state index is 9.60. The summed E-state index contributed by atoms with van der Waals surface area (Å²) in [7, 11) is 0. The summed E-state index contributed by atoms with van der Waals surface area (Å²) in [5.41, 5.74) is 5.78. The van der Waals surface area contributed by atoms with Crippen LogP contribution in [0.15, 0.2) is 6.07 Å². The van der Waals surface area contributed by atoms with Crippen LogP contribution in [0.4, 0.5) is 0 Å². The van der Waals surface area contributed by atoms with E-state index < -0.39 is 0 Å². The second-order valence-corrected chi connectivity index (χ2v) is 6.69. The number of hydrogen-bond acceptors (Lipinski definition) is 5. The summed E-state index contributed by atoms with van der Waals surface area (Å²) in [6.07, 6.45) is 2.13. The molecular weight excluding hydrogens is 304 g/mol. The highest BCUT2D eigenvalue weighted by Gasteiger charge is 2.25. The zero-order chi connectivity index (χ0) is 16.5. The average molecular weight is 330 g/mol. The first kappa shape index (κ1) is 15.8. The van der Waals surface area contributed by atoms with Crippen LogP contribution in [-0.4, -0.2) is 42.7 Å². The fraction of sp³-hybridized carbons (Fsp3) is 0.647. The highest BCUT2D eigenvalue weighted by molar-refractivity contribution is 5.28. The largest absolute Gasteiger partial charge is 0.390 e. The zero-order valence-electron chi connectivity index (χ0n) is 14.3. The summed E-state index contributed by atoms with van der Waals surface area (Å²) in [6.45, 7) is 8.71. The molecule has 7 nitrogen and oxygen atoms in total. The van der Waals surface area contributed by atoms with Crippen molar-refractivity contribution in [3.05, 3.63) is 34.4 Å². The number of nitrogens with one attached hydrogen (secondary N) is 1. The monoisotopic (exact) mass is 330 g/mol. The van der Waals surface area contributed by atoms with E-state index in [1.807, 2.05) is 4.68 Å². The van der Waals surface area contributed by atoms with Crippen LogP contribution < -0.4 is 5.32 Å². The summed E-state index contributed by atoms with van der Waals surface area (Å²) < 4.78 is 4.20. The molecule has 4 rings (SSSR count). The number of fused-ring (bicyclic) bond motifs is 2. The van der Waals surface area contributed by atoms with Crippen molar-refractivity contribution < 1.29 is 5.11 Å². The molecule has 2 aromatic heterocycles. The first-order valence-corrected chi connectivity index (χ1v) is 8.95. The Labute approximate surface area is 142 Å². The minimum Gasteiger partial charge on any atom is -0.390 e. The predicted octanol–water partition coefficient (Wildman–Crippen LogP) is 0.643. The van der Waals surface area contributed by atoms with Crippen molar-refractivity contribution in [2.75, 3.05) is 13.1 Å². The van der Waals surface area contributed by atoms with Gasteiger partial charge >= 0.3 is 0 Å². The lowest BCUT2D eigenvalue weighted by atomic mass is 10.0. The molecule has 2 aromatic rings. The van der Waals surface area contributed by atoms with Crippen LogP contribution in [-0.2, 0) is 45.8 Å². The van der Waals surface area contributed by atoms with Crippen molar-refractivity contribution in [2.24, 2.45) is 0 Å². The van der Waals surface area contributed by atoms with E-state index in [0.29, 0.717) is 0 Å². The third kappa shape index (κ3) is 2.87. The summed E-state index contributed by atoms with van der Waals surface area (Å²) in [6, 6.07) is 2.23. The lowest BCUT2D eigenvalue weighted by Crippen LogP contribution is -2.31. The minimum atomic E-state index is 0.0214. The third-order valence-electron chi connectivity index (χ3n) is 5.07. The number of aryl methyl sites for hydroxylation is 2. The van der Waals surface area contributed by atoms with Crippen molar-refractivity contribution in [3.8, 4) is 0 Å². The molecule has 0 atom stereocenters. The molecule has 0 aromatic carbocycles. The molecule has 0 saturated carbocycles. The van der Waals surface area contributed by atoms with E-state index in [9.17, 15) is 5.11 Å². The van der Waals surface area contributed by atoms with Crippen molar-refractivity contribution in [1.29, 1.82) is 0 Å². The molecule has 0 radical (unpaired) electrons. The van der Waals surface area contributed by atoms with Gasteiger partial charge in [-0.2, -0.15) is 10.2 Å². The molecule has 4 heterocycles. The molecule has 2 N–H and O–H groups in total. The Kier molecular flexibility index (Phi) is 4.39. The Bertz CT molecular complexity index is 695. The van der Waals surface area contributed by atoms with Gasteiger partial charge in [0.05, 0.1) is 23.7 Å². The molecule has 24 heavy (non-hydrogen) atoms. The number of rotatable bonds is 4. The van der Waals surface area contributed by atoms with Gasteiger partial charge in [-0.05, 0) is 26.0 Å². The van der Waals surface area contributed by atoms with Crippen molar-refractivity contribution >= 4 is 0 Å². The van der Waals surface area contributed by atoms with Gasteiger partial charge < -0.3 is 10.4 Å². The maximum Gasteiger partial charge on any atom is 0.0926 e. The molecule has 7 heteroatoms. The Hall–Kier alpha value is -1.70. The van der Waals surface area contributed by atoms with Crippen LogP contribution in [0.5, 0.6) is 0 Å². The molecule has 130 valence electrons. The first-order chi connectivity index (χ1) is 11.8. The maximum absolute atomic E-state index is 9.60. The molecular formula is C17H26N6O. The van der Waals surface area contributed by atoms with Crippen LogP contribution in [0.3, 0.4) is 0 Å². The van der Waals surface area contributed by atoms with Crippen LogP contribution in [0, 0.1) is 0 Å². The van der Waals surface area contributed by atoms with E-state index in [1.165, 1.54) is 17.0 Å². The van der Waals surface area contributed by atoms with Crippen molar-refractivity contribution in [3.63, 3.8) is 0 Å². The topological polar surface area (TPSA) is 71.1 Å². The Morgan fingerprint density at radius 3 is 3.04 bits per heavy atom. The number of aliphatic hydroxyl groups excluding tert-OH is 1. The highest BCUT2D eigenvalue weighted by atomic mass is 16.3. The lowest BCUT2D eigenvalue weighted by Gasteiger charge is -2.27. The number of aliphatic hydroxyl groups is 1. The highest BCUT2D eigenvalue weighted by Crippen LogP contribution is 2.24. The van der Waals surface area contributed by atoms with E-state index in [4.69, 9.17) is 5.10 Å². The van der Waals surface area contributed by atoms with Gasteiger partial charge in [0.15, 0.2) is 0 Å². The van der Waals surface area contributed by atoms with Gasteiger partial charge in [-0.15, -0.1) is 0 Å². The average Bonchev–Trinajstić information content (AvgIpc) is 3.08. The standard InChI is InChI=1S/C17H26N6O/c1-2-22-17-4-7-21(11-15(17)16(12-24)20-22)10-13-8-14-9-18-5-3-6-23(14)19-13/h8,18,24H,2-7,9-12H2,1H3. The summed E-state index contributed by atoms with van der Waals surface area (Å²) >= 11 is 0. The van der Waals surface area contributed by atoms with Crippen LogP contribution in [0.25, 0.3) is 0 Å². The van der Waals surface area contributed by atoms with Crippen LogP contribution in [0.2, 0.25) is 0 Å². The van der Waals surface area contributed by atoms with E-state index in [2.05, 4.69) is 33.0 Å². The van der Waals surface area contributed by atoms with Gasteiger partial charge in [-0.3, -0.25) is 14.3 Å². The second kappa shape index (κ2) is 6.66. The third-order valence-corrected chi connectivity index (χ3v) is 5.07. The van der Waals surface area contributed by atoms with Gasteiger partial charge in [0.25, 0.3) is 0 Å². The SMILES string of the molecule is CCn1nc(CO)c2c1CCN(Cc1cc3n(n1)CCCNC3)C2. The first-order valence-electron chi connectivity index (χ1n) is 8.95. The van der Waals surface area contributed by atoms with Gasteiger partial charge in [0.2, 0.25) is 0 Å². The molecule has 0 fully saturated rings. The van der Waals surface area contributed by atoms with E-state index in [-0.39, 0.29) is 6.61 Å². The van der Waals surface area contributed by atoms with Gasteiger partial charge in [0, 0.05) is 56.9 Å². The minimum absolute atomic E-state index is 0.0214. The Balaban J connectivity index is 1.50. The molecule has 0 spiro atoms. The lowest BCUT2D eigenvalue weighted by molar-refractivity contribution is 0.233. The Morgan fingerprint density at radius 2 is 2.21 bits per heavy atom. The van der Waals surface area contributed by atoms with E-state index in [0.717, 1.165) is 70.0 Å². The molecule has 2 aliphatic heterocycles. The van der Waals surface area contributed by atoms with Gasteiger partial charge in [-0.25, -0.2) is 0 Å². The zero-order valence-corrected chi connectivity index (χ0v) is 14.3. The smallest absolute Gasteiger partial charge is 0.0926 e. The molecule has 2 aliphatic rings. The predicted molar refractivity (Wildman–Crippen MR) is 90.2 cm³/mol. The molecule has 0 amide bonds. The number of nitrogens with zero attached hydrogens (tertiary/aromatic N) is 5. The second-order valence-electron chi connectivity index (χ2n) is 6.69. The van der Waals surface area contributed by atoms with Crippen LogP contribution in [0.1, 0.15) is 41.7 Å². The number of aromatic nitrogens is 4. The summed E-state index contributed by atoms with van der Waals surface area (Å²) in [4.78, 5) is 2.42. The molecule has 0 unspecified atom stereocenters. The Morgan fingerprint density at radius 1 is 1.29 bits per heavy atom. The quantitative estimate of drug-likeness (QED) is 0.861. The normalized spacial score (nSPS) is 18.2. The summed E-state index contributed by atoms with van der Waals surface area (Å²) in [5.74, 6) is 0. The van der Waals surface area contributed by atoms with Crippen molar-refractivity contribution in [2.45, 2.75) is 59.1 Å². The fourth-order valence-corrected chi connectivity index (χ4v) is 3.87. The van der Waals surface area contributed by atoms with E-state index in [1.54, 1.807) is 0 Å². The molecule has 0 bridgehead atoms. The molecule has 0 aliphatic carbocycles. The number of hydrogen-bond donors (Lipinski definition) is 2. The van der Waals surface area contributed by atoms with Crippen molar-refractivity contribution in [1.82, 2.24) is 29.8 Å². The van der Waals surface area contributed by atoms with Gasteiger partial charge in [-0.1, -0.05) is 0 Å². The molecule has 0 saturated heterocycles.